The van der Waals surface area contributed by atoms with Crippen molar-refractivity contribution in [3.05, 3.63) is 22.2 Å². The zero-order valence-electron chi connectivity index (χ0n) is 12.5. The van der Waals surface area contributed by atoms with Crippen molar-refractivity contribution in [2.75, 3.05) is 24.3 Å². The maximum Gasteiger partial charge on any atom is 0.311 e. The average Bonchev–Trinajstić information content (AvgIpc) is 2.92. The minimum Gasteiger partial charge on any atom is -0.379 e. The molecule has 2 N–H and O–H groups in total. The Bertz CT molecular complexity index is 495. The first-order valence-electron chi connectivity index (χ1n) is 7.34. The molecule has 1 aliphatic carbocycles. The molecule has 7 heteroatoms. The minimum absolute atomic E-state index is 0.00111. The van der Waals surface area contributed by atoms with Crippen molar-refractivity contribution in [1.29, 1.82) is 0 Å². The van der Waals surface area contributed by atoms with Crippen molar-refractivity contribution in [3.63, 3.8) is 0 Å². The molecule has 1 aromatic rings. The SMILES string of the molecule is CCCNc1ccc([N+](=O)[O-])c(NC2CCCC2OC)n1. The van der Waals surface area contributed by atoms with Gasteiger partial charge in [-0.05, 0) is 31.7 Å². The first-order valence-corrected chi connectivity index (χ1v) is 7.34. The van der Waals surface area contributed by atoms with Gasteiger partial charge in [-0.15, -0.1) is 0 Å². The predicted octanol–water partition coefficient (Wildman–Crippen LogP) is 2.79. The highest BCUT2D eigenvalue weighted by molar-refractivity contribution is 5.60. The molecule has 1 saturated carbocycles. The van der Waals surface area contributed by atoms with Crippen LogP contribution in [0.2, 0.25) is 0 Å². The Kier molecular flexibility index (Phi) is 5.32. The zero-order chi connectivity index (χ0) is 15.2. The van der Waals surface area contributed by atoms with E-state index in [1.165, 1.54) is 6.07 Å². The van der Waals surface area contributed by atoms with Crippen molar-refractivity contribution >= 4 is 17.3 Å². The Morgan fingerprint density at radius 2 is 2.29 bits per heavy atom. The Morgan fingerprint density at radius 3 is 2.95 bits per heavy atom. The van der Waals surface area contributed by atoms with Crippen molar-refractivity contribution in [1.82, 2.24) is 4.98 Å². The topological polar surface area (TPSA) is 89.3 Å². The summed E-state index contributed by atoms with van der Waals surface area (Å²) in [5, 5.41) is 17.5. The highest BCUT2D eigenvalue weighted by Crippen LogP contribution is 2.29. The van der Waals surface area contributed by atoms with Crippen LogP contribution in [0.3, 0.4) is 0 Å². The molecule has 21 heavy (non-hydrogen) atoms. The van der Waals surface area contributed by atoms with Gasteiger partial charge in [-0.3, -0.25) is 10.1 Å². The van der Waals surface area contributed by atoms with Crippen LogP contribution in [0.4, 0.5) is 17.3 Å². The van der Waals surface area contributed by atoms with E-state index in [2.05, 4.69) is 22.5 Å². The second-order valence-corrected chi connectivity index (χ2v) is 5.20. The van der Waals surface area contributed by atoms with Crippen LogP contribution >= 0.6 is 0 Å². The zero-order valence-corrected chi connectivity index (χ0v) is 12.5. The molecule has 1 heterocycles. The van der Waals surface area contributed by atoms with E-state index < -0.39 is 4.92 Å². The summed E-state index contributed by atoms with van der Waals surface area (Å²) in [5.74, 6) is 0.965. The lowest BCUT2D eigenvalue weighted by Crippen LogP contribution is -2.30. The summed E-state index contributed by atoms with van der Waals surface area (Å²) >= 11 is 0. The molecule has 7 nitrogen and oxygen atoms in total. The van der Waals surface area contributed by atoms with Crippen LogP contribution in [0.5, 0.6) is 0 Å². The van der Waals surface area contributed by atoms with E-state index in [4.69, 9.17) is 4.74 Å². The molecule has 2 rings (SSSR count). The van der Waals surface area contributed by atoms with Crippen molar-refractivity contribution < 1.29 is 9.66 Å². The molecule has 1 aromatic heterocycles. The molecule has 2 atom stereocenters. The molecule has 0 amide bonds. The Hall–Kier alpha value is -1.89. The fourth-order valence-corrected chi connectivity index (χ4v) is 2.61. The molecule has 116 valence electrons. The van der Waals surface area contributed by atoms with Gasteiger partial charge < -0.3 is 15.4 Å². The van der Waals surface area contributed by atoms with Gasteiger partial charge in [-0.25, -0.2) is 4.98 Å². The van der Waals surface area contributed by atoms with Crippen molar-refractivity contribution in [3.8, 4) is 0 Å². The first-order chi connectivity index (χ1) is 10.2. The summed E-state index contributed by atoms with van der Waals surface area (Å²) in [4.78, 5) is 15.1. The summed E-state index contributed by atoms with van der Waals surface area (Å²) in [6, 6.07) is 3.20. The quantitative estimate of drug-likeness (QED) is 0.593. The first kappa shape index (κ1) is 15.5. The van der Waals surface area contributed by atoms with Gasteiger partial charge in [0.25, 0.3) is 0 Å². The van der Waals surface area contributed by atoms with Gasteiger partial charge in [0.2, 0.25) is 5.82 Å². The number of hydrogen-bond donors (Lipinski definition) is 2. The third kappa shape index (κ3) is 3.81. The number of pyridine rings is 1. The minimum atomic E-state index is -0.407. The number of aromatic nitrogens is 1. The van der Waals surface area contributed by atoms with E-state index in [1.54, 1.807) is 13.2 Å². The van der Waals surface area contributed by atoms with E-state index in [0.717, 1.165) is 32.2 Å². The lowest BCUT2D eigenvalue weighted by Gasteiger charge is -2.20. The van der Waals surface area contributed by atoms with Crippen LogP contribution in [0.25, 0.3) is 0 Å². The van der Waals surface area contributed by atoms with Crippen molar-refractivity contribution in [2.45, 2.75) is 44.8 Å². The lowest BCUT2D eigenvalue weighted by atomic mass is 10.2. The van der Waals surface area contributed by atoms with Crippen molar-refractivity contribution in [2.24, 2.45) is 0 Å². The van der Waals surface area contributed by atoms with E-state index in [0.29, 0.717) is 11.6 Å². The largest absolute Gasteiger partial charge is 0.379 e. The number of ether oxygens (including phenoxy) is 1. The van der Waals surface area contributed by atoms with Crippen LogP contribution in [-0.2, 0) is 4.74 Å². The summed E-state index contributed by atoms with van der Waals surface area (Å²) in [7, 11) is 1.67. The third-order valence-electron chi connectivity index (χ3n) is 3.70. The highest BCUT2D eigenvalue weighted by Gasteiger charge is 2.29. The Balaban J connectivity index is 2.19. The average molecular weight is 294 g/mol. The molecule has 0 radical (unpaired) electrons. The molecular formula is C14H22N4O3. The maximum atomic E-state index is 11.1. The van der Waals surface area contributed by atoms with Crippen LogP contribution in [0, 0.1) is 10.1 Å². The van der Waals surface area contributed by atoms with Gasteiger partial charge in [0.05, 0.1) is 17.1 Å². The second kappa shape index (κ2) is 7.21. The standard InChI is InChI=1S/C14H22N4O3/c1-3-9-15-13-8-7-11(18(19)20)14(17-13)16-10-5-4-6-12(10)21-2/h7-8,10,12H,3-6,9H2,1-2H3,(H2,15,16,17). The molecule has 1 aliphatic rings. The Labute approximate surface area is 124 Å². The van der Waals surface area contributed by atoms with Gasteiger partial charge in [0, 0.05) is 19.7 Å². The number of rotatable bonds is 7. The van der Waals surface area contributed by atoms with Gasteiger partial charge in [-0.2, -0.15) is 0 Å². The van der Waals surface area contributed by atoms with Crippen LogP contribution < -0.4 is 10.6 Å². The number of nitro groups is 1. The summed E-state index contributed by atoms with van der Waals surface area (Å²) in [6.07, 6.45) is 4.01. The summed E-state index contributed by atoms with van der Waals surface area (Å²) < 4.78 is 5.42. The fraction of sp³-hybridized carbons (Fsp3) is 0.643. The molecule has 0 bridgehead atoms. The van der Waals surface area contributed by atoms with E-state index >= 15 is 0 Å². The fourth-order valence-electron chi connectivity index (χ4n) is 2.61. The van der Waals surface area contributed by atoms with E-state index in [9.17, 15) is 10.1 Å². The summed E-state index contributed by atoms with van der Waals surface area (Å²) in [5.41, 5.74) is -0.00111. The molecule has 0 aliphatic heterocycles. The molecule has 0 saturated heterocycles. The number of nitrogens with one attached hydrogen (secondary N) is 2. The lowest BCUT2D eigenvalue weighted by molar-refractivity contribution is -0.384. The third-order valence-corrected chi connectivity index (χ3v) is 3.70. The number of nitrogens with zero attached hydrogens (tertiary/aromatic N) is 2. The molecule has 0 aromatic carbocycles. The van der Waals surface area contributed by atoms with Crippen LogP contribution in [0.15, 0.2) is 12.1 Å². The molecule has 1 fully saturated rings. The Morgan fingerprint density at radius 1 is 1.48 bits per heavy atom. The number of hydrogen-bond acceptors (Lipinski definition) is 6. The van der Waals surface area contributed by atoms with Crippen LogP contribution in [0.1, 0.15) is 32.6 Å². The van der Waals surface area contributed by atoms with E-state index in [-0.39, 0.29) is 17.8 Å². The number of methoxy groups -OCH3 is 1. The monoisotopic (exact) mass is 294 g/mol. The molecule has 2 unspecified atom stereocenters. The maximum absolute atomic E-state index is 11.1. The smallest absolute Gasteiger partial charge is 0.311 e. The summed E-state index contributed by atoms with van der Waals surface area (Å²) in [6.45, 7) is 2.84. The second-order valence-electron chi connectivity index (χ2n) is 5.20. The highest BCUT2D eigenvalue weighted by atomic mass is 16.6. The van der Waals surface area contributed by atoms with Gasteiger partial charge in [0.1, 0.15) is 5.82 Å². The predicted molar refractivity (Wildman–Crippen MR) is 81.7 cm³/mol. The van der Waals surface area contributed by atoms with E-state index in [1.807, 2.05) is 0 Å². The van der Waals surface area contributed by atoms with Gasteiger partial charge in [-0.1, -0.05) is 6.92 Å². The molecular weight excluding hydrogens is 272 g/mol. The normalized spacial score (nSPS) is 21.2. The molecule has 0 spiro atoms. The van der Waals surface area contributed by atoms with Gasteiger partial charge in [0.15, 0.2) is 0 Å². The van der Waals surface area contributed by atoms with Gasteiger partial charge >= 0.3 is 5.69 Å². The van der Waals surface area contributed by atoms with Crippen LogP contribution in [-0.4, -0.2) is 35.7 Å². The number of anilines is 2.